The van der Waals surface area contributed by atoms with Crippen LogP contribution in [0.5, 0.6) is 0 Å². The predicted octanol–water partition coefficient (Wildman–Crippen LogP) is 1.12. The van der Waals surface area contributed by atoms with Crippen molar-refractivity contribution in [1.29, 1.82) is 0 Å². The van der Waals surface area contributed by atoms with Gasteiger partial charge >= 0.3 is 6.09 Å². The highest BCUT2D eigenvalue weighted by Crippen LogP contribution is 2.42. The van der Waals surface area contributed by atoms with Crippen LogP contribution in [0.25, 0.3) is 0 Å². The third-order valence-corrected chi connectivity index (χ3v) is 3.88. The number of likely N-dealkylation sites (tertiary alicyclic amines) is 1. The average molecular weight is 227 g/mol. The van der Waals surface area contributed by atoms with E-state index in [0.29, 0.717) is 13.0 Å². The van der Waals surface area contributed by atoms with Gasteiger partial charge in [0, 0.05) is 19.8 Å². The van der Waals surface area contributed by atoms with Crippen LogP contribution in [0.1, 0.15) is 25.7 Å². The van der Waals surface area contributed by atoms with Crippen molar-refractivity contribution in [3.05, 3.63) is 0 Å². The first-order valence-corrected chi connectivity index (χ1v) is 5.69. The Hall–Kier alpha value is -1.10. The van der Waals surface area contributed by atoms with E-state index in [1.807, 2.05) is 0 Å². The minimum Gasteiger partial charge on any atom is -0.465 e. The molecular weight excluding hydrogens is 210 g/mol. The lowest BCUT2D eigenvalue weighted by Gasteiger charge is -2.45. The van der Waals surface area contributed by atoms with Crippen molar-refractivity contribution in [1.82, 2.24) is 4.90 Å². The van der Waals surface area contributed by atoms with Crippen molar-refractivity contribution in [2.24, 2.45) is 5.41 Å². The van der Waals surface area contributed by atoms with Crippen LogP contribution in [-0.4, -0.2) is 48.2 Å². The number of nitrogens with zero attached hydrogens (tertiary/aromatic N) is 1. The van der Waals surface area contributed by atoms with Crippen molar-refractivity contribution in [3.63, 3.8) is 0 Å². The number of carbonyl (C=O) groups is 2. The Labute approximate surface area is 94.4 Å². The lowest BCUT2D eigenvalue weighted by molar-refractivity contribution is -0.116. The highest BCUT2D eigenvalue weighted by Gasteiger charge is 2.42. The standard InChI is InChI=1S/C11H17NO4/c13-8-9-7-11(2-5-16-6-3-11)1-4-12(9)10(14)15/h8-9H,1-7H2,(H,14,15). The number of hydrogen-bond donors (Lipinski definition) is 1. The van der Waals surface area contributed by atoms with Crippen LogP contribution < -0.4 is 0 Å². The lowest BCUT2D eigenvalue weighted by atomic mass is 9.70. The molecule has 2 saturated heterocycles. The molecule has 0 aromatic carbocycles. The zero-order chi connectivity index (χ0) is 11.6. The van der Waals surface area contributed by atoms with Gasteiger partial charge in [-0.05, 0) is 31.1 Å². The van der Waals surface area contributed by atoms with Crippen molar-refractivity contribution in [3.8, 4) is 0 Å². The molecule has 2 fully saturated rings. The lowest BCUT2D eigenvalue weighted by Crippen LogP contribution is -2.51. The third-order valence-electron chi connectivity index (χ3n) is 3.88. The highest BCUT2D eigenvalue weighted by molar-refractivity contribution is 5.72. The second-order valence-corrected chi connectivity index (χ2v) is 4.75. The molecule has 1 unspecified atom stereocenters. The van der Waals surface area contributed by atoms with Crippen molar-refractivity contribution in [2.45, 2.75) is 31.7 Å². The van der Waals surface area contributed by atoms with E-state index >= 15 is 0 Å². The van der Waals surface area contributed by atoms with Gasteiger partial charge in [-0.15, -0.1) is 0 Å². The average Bonchev–Trinajstić information content (AvgIpc) is 2.29. The maximum Gasteiger partial charge on any atom is 0.407 e. The Morgan fingerprint density at radius 2 is 2.06 bits per heavy atom. The maximum absolute atomic E-state index is 11.0. The normalized spacial score (nSPS) is 29.0. The first-order valence-electron chi connectivity index (χ1n) is 5.69. The van der Waals surface area contributed by atoms with Gasteiger partial charge in [0.1, 0.15) is 6.29 Å². The molecule has 16 heavy (non-hydrogen) atoms. The van der Waals surface area contributed by atoms with E-state index in [9.17, 15) is 9.59 Å². The predicted molar refractivity (Wildman–Crippen MR) is 56.3 cm³/mol. The summed E-state index contributed by atoms with van der Waals surface area (Å²) in [6.07, 6.45) is 3.19. The monoisotopic (exact) mass is 227 g/mol. The number of rotatable bonds is 1. The van der Waals surface area contributed by atoms with Crippen LogP contribution in [0.3, 0.4) is 0 Å². The van der Waals surface area contributed by atoms with Crippen molar-refractivity contribution >= 4 is 12.4 Å². The summed E-state index contributed by atoms with van der Waals surface area (Å²) in [7, 11) is 0. The zero-order valence-corrected chi connectivity index (χ0v) is 9.22. The first kappa shape index (κ1) is 11.4. The summed E-state index contributed by atoms with van der Waals surface area (Å²) in [5.41, 5.74) is 0.135. The Morgan fingerprint density at radius 1 is 1.38 bits per heavy atom. The minimum absolute atomic E-state index is 0.135. The van der Waals surface area contributed by atoms with Crippen molar-refractivity contribution in [2.75, 3.05) is 19.8 Å². The molecule has 2 aliphatic rings. The number of hydrogen-bond acceptors (Lipinski definition) is 3. The summed E-state index contributed by atoms with van der Waals surface area (Å²) in [5.74, 6) is 0. The molecule has 5 nitrogen and oxygen atoms in total. The molecule has 1 N–H and O–H groups in total. The quantitative estimate of drug-likeness (QED) is 0.682. The van der Waals surface area contributed by atoms with Gasteiger partial charge in [0.25, 0.3) is 0 Å². The molecule has 1 spiro atoms. The van der Waals surface area contributed by atoms with Crippen molar-refractivity contribution < 1.29 is 19.4 Å². The number of carbonyl (C=O) groups excluding carboxylic acids is 1. The molecule has 2 aliphatic heterocycles. The van der Waals surface area contributed by atoms with Gasteiger partial charge in [-0.2, -0.15) is 0 Å². The van der Waals surface area contributed by atoms with Gasteiger partial charge in [0.15, 0.2) is 0 Å². The smallest absolute Gasteiger partial charge is 0.407 e. The summed E-state index contributed by atoms with van der Waals surface area (Å²) < 4.78 is 5.32. The third kappa shape index (κ3) is 2.04. The van der Waals surface area contributed by atoms with Gasteiger partial charge in [0.05, 0.1) is 6.04 Å². The van der Waals surface area contributed by atoms with Crippen LogP contribution in [0, 0.1) is 5.41 Å². The molecular formula is C11H17NO4. The Morgan fingerprint density at radius 3 is 2.62 bits per heavy atom. The molecule has 0 aromatic heterocycles. The SMILES string of the molecule is O=CC1CC2(CCOCC2)CCN1C(=O)O. The molecule has 0 aromatic rings. The van der Waals surface area contributed by atoms with Crippen LogP contribution in [0.4, 0.5) is 4.79 Å². The summed E-state index contributed by atoms with van der Waals surface area (Å²) >= 11 is 0. The molecule has 1 atom stereocenters. The number of aldehydes is 1. The molecule has 0 aliphatic carbocycles. The second-order valence-electron chi connectivity index (χ2n) is 4.75. The largest absolute Gasteiger partial charge is 0.465 e. The summed E-state index contributed by atoms with van der Waals surface area (Å²) in [5, 5.41) is 8.97. The summed E-state index contributed by atoms with van der Waals surface area (Å²) in [4.78, 5) is 23.2. The number of ether oxygens (including phenoxy) is 1. The van der Waals surface area contributed by atoms with E-state index in [-0.39, 0.29) is 5.41 Å². The topological polar surface area (TPSA) is 66.8 Å². The van der Waals surface area contributed by atoms with Crippen LogP contribution in [-0.2, 0) is 9.53 Å². The van der Waals surface area contributed by atoms with Gasteiger partial charge in [0.2, 0.25) is 0 Å². The molecule has 90 valence electrons. The van der Waals surface area contributed by atoms with E-state index in [0.717, 1.165) is 38.8 Å². The molecule has 1 amide bonds. The number of amides is 1. The molecule has 0 saturated carbocycles. The van der Waals surface area contributed by atoms with Gasteiger partial charge in [-0.1, -0.05) is 0 Å². The number of carboxylic acid groups (broad SMARTS) is 1. The van der Waals surface area contributed by atoms with E-state index in [2.05, 4.69) is 0 Å². The molecule has 0 bridgehead atoms. The minimum atomic E-state index is -0.987. The second kappa shape index (κ2) is 4.41. The molecule has 2 heterocycles. The fourth-order valence-electron chi connectivity index (χ4n) is 2.80. The van der Waals surface area contributed by atoms with E-state index in [4.69, 9.17) is 9.84 Å². The summed E-state index contributed by atoms with van der Waals surface area (Å²) in [6, 6.07) is -0.468. The van der Waals surface area contributed by atoms with E-state index in [1.165, 1.54) is 4.90 Å². The summed E-state index contributed by atoms with van der Waals surface area (Å²) in [6.45, 7) is 1.94. The van der Waals surface area contributed by atoms with Crippen LogP contribution >= 0.6 is 0 Å². The Bertz CT molecular complexity index is 286. The van der Waals surface area contributed by atoms with E-state index in [1.54, 1.807) is 0 Å². The molecule has 2 rings (SSSR count). The van der Waals surface area contributed by atoms with Gasteiger partial charge in [-0.3, -0.25) is 4.90 Å². The first-order chi connectivity index (χ1) is 7.67. The molecule has 5 heteroatoms. The fraction of sp³-hybridized carbons (Fsp3) is 0.818. The Kier molecular flexibility index (Phi) is 3.14. The van der Waals surface area contributed by atoms with Gasteiger partial charge in [-0.25, -0.2) is 4.79 Å². The Balaban J connectivity index is 2.07. The van der Waals surface area contributed by atoms with Gasteiger partial charge < -0.3 is 14.6 Å². The maximum atomic E-state index is 11.0. The fourth-order valence-corrected chi connectivity index (χ4v) is 2.80. The molecule has 0 radical (unpaired) electrons. The van der Waals surface area contributed by atoms with Crippen LogP contribution in [0.15, 0.2) is 0 Å². The van der Waals surface area contributed by atoms with E-state index < -0.39 is 12.1 Å². The van der Waals surface area contributed by atoms with Crippen LogP contribution in [0.2, 0.25) is 0 Å². The highest BCUT2D eigenvalue weighted by atomic mass is 16.5. The number of piperidine rings is 1. The zero-order valence-electron chi connectivity index (χ0n) is 9.22.